The lowest BCUT2D eigenvalue weighted by molar-refractivity contribution is 0.475. The number of aromatic hydroxyl groups is 1. The maximum absolute atomic E-state index is 9.17. The van der Waals surface area contributed by atoms with E-state index in [1.54, 1.807) is 12.3 Å². The van der Waals surface area contributed by atoms with Gasteiger partial charge in [0.2, 0.25) is 0 Å². The van der Waals surface area contributed by atoms with Gasteiger partial charge in [0.25, 0.3) is 0 Å². The average molecular weight is 186 g/mol. The third-order valence-electron chi connectivity index (χ3n) is 1.77. The summed E-state index contributed by atoms with van der Waals surface area (Å²) in [6, 6.07) is 6.47. The van der Waals surface area contributed by atoms with E-state index in [1.807, 2.05) is 6.07 Å². The van der Waals surface area contributed by atoms with Gasteiger partial charge >= 0.3 is 0 Å². The molecule has 2 rings (SSSR count). The third kappa shape index (κ3) is 1.29. The Kier molecular flexibility index (Phi) is 1.88. The highest BCUT2D eigenvalue weighted by Gasteiger charge is 2.05. The average Bonchev–Trinajstić information content (AvgIpc) is 2.70. The number of nitriles is 1. The van der Waals surface area contributed by atoms with Crippen molar-refractivity contribution in [1.29, 1.82) is 5.26 Å². The molecule has 0 fully saturated rings. The molecule has 14 heavy (non-hydrogen) atoms. The standard InChI is InChI=1S/C9H6N4O/c10-6-7-5-8(14)1-2-9(7)13-4-3-11-12-13/h1-5,14H. The minimum atomic E-state index is 0.0606. The van der Waals surface area contributed by atoms with Crippen LogP contribution in [0.2, 0.25) is 0 Å². The van der Waals surface area contributed by atoms with E-state index in [4.69, 9.17) is 10.4 Å². The molecule has 0 aliphatic heterocycles. The van der Waals surface area contributed by atoms with Crippen LogP contribution in [0.15, 0.2) is 30.6 Å². The van der Waals surface area contributed by atoms with Crippen molar-refractivity contribution in [3.05, 3.63) is 36.2 Å². The molecular formula is C9H6N4O. The van der Waals surface area contributed by atoms with Crippen molar-refractivity contribution >= 4 is 0 Å². The zero-order chi connectivity index (χ0) is 9.97. The van der Waals surface area contributed by atoms with Crippen molar-refractivity contribution in [2.45, 2.75) is 0 Å². The summed E-state index contributed by atoms with van der Waals surface area (Å²) in [5.41, 5.74) is 0.957. The number of aromatic nitrogens is 3. The summed E-state index contributed by atoms with van der Waals surface area (Å²) in [6.45, 7) is 0. The second-order valence-electron chi connectivity index (χ2n) is 2.66. The molecule has 0 saturated carbocycles. The Morgan fingerprint density at radius 1 is 1.43 bits per heavy atom. The van der Waals surface area contributed by atoms with Gasteiger partial charge in [0.15, 0.2) is 0 Å². The minimum absolute atomic E-state index is 0.0606. The molecule has 5 heteroatoms. The fourth-order valence-electron chi connectivity index (χ4n) is 1.15. The van der Waals surface area contributed by atoms with Gasteiger partial charge in [-0.3, -0.25) is 0 Å². The predicted molar refractivity (Wildman–Crippen MR) is 47.7 cm³/mol. The zero-order valence-electron chi connectivity index (χ0n) is 7.12. The van der Waals surface area contributed by atoms with Crippen LogP contribution in [0.5, 0.6) is 5.75 Å². The van der Waals surface area contributed by atoms with Crippen LogP contribution in [0, 0.1) is 11.3 Å². The van der Waals surface area contributed by atoms with E-state index in [2.05, 4.69) is 10.3 Å². The monoisotopic (exact) mass is 186 g/mol. The quantitative estimate of drug-likeness (QED) is 0.716. The van der Waals surface area contributed by atoms with Crippen molar-refractivity contribution in [1.82, 2.24) is 15.0 Å². The van der Waals surface area contributed by atoms with E-state index in [1.165, 1.54) is 23.0 Å². The largest absolute Gasteiger partial charge is 0.508 e. The van der Waals surface area contributed by atoms with Crippen LogP contribution in [0.3, 0.4) is 0 Å². The van der Waals surface area contributed by atoms with E-state index in [0.717, 1.165) is 0 Å². The molecule has 1 heterocycles. The normalized spacial score (nSPS) is 9.64. The highest BCUT2D eigenvalue weighted by Crippen LogP contribution is 2.18. The molecule has 1 N–H and O–H groups in total. The predicted octanol–water partition coefficient (Wildman–Crippen LogP) is 0.845. The summed E-state index contributed by atoms with van der Waals surface area (Å²) < 4.78 is 1.47. The van der Waals surface area contributed by atoms with Gasteiger partial charge in [0.1, 0.15) is 11.8 Å². The van der Waals surface area contributed by atoms with Crippen LogP contribution in [-0.4, -0.2) is 20.1 Å². The van der Waals surface area contributed by atoms with Crippen LogP contribution in [0.1, 0.15) is 5.56 Å². The lowest BCUT2D eigenvalue weighted by Crippen LogP contribution is -1.97. The van der Waals surface area contributed by atoms with E-state index < -0.39 is 0 Å². The molecule has 1 aromatic carbocycles. The Hall–Kier alpha value is -2.35. The van der Waals surface area contributed by atoms with Crippen molar-refractivity contribution in [2.75, 3.05) is 0 Å². The van der Waals surface area contributed by atoms with Crippen molar-refractivity contribution in [3.63, 3.8) is 0 Å². The fourth-order valence-corrected chi connectivity index (χ4v) is 1.15. The van der Waals surface area contributed by atoms with Crippen LogP contribution in [-0.2, 0) is 0 Å². The second-order valence-corrected chi connectivity index (χ2v) is 2.66. The van der Waals surface area contributed by atoms with E-state index in [9.17, 15) is 0 Å². The highest BCUT2D eigenvalue weighted by atomic mass is 16.3. The van der Waals surface area contributed by atoms with Gasteiger partial charge in [-0.15, -0.1) is 5.10 Å². The first-order valence-corrected chi connectivity index (χ1v) is 3.91. The third-order valence-corrected chi connectivity index (χ3v) is 1.77. The van der Waals surface area contributed by atoms with Crippen LogP contribution in [0.4, 0.5) is 0 Å². The van der Waals surface area contributed by atoms with Gasteiger partial charge in [-0.2, -0.15) is 5.26 Å². The molecule has 0 saturated heterocycles. The number of nitrogens with zero attached hydrogens (tertiary/aromatic N) is 4. The van der Waals surface area contributed by atoms with Crippen molar-refractivity contribution in [2.24, 2.45) is 0 Å². The van der Waals surface area contributed by atoms with E-state index in [-0.39, 0.29) is 5.75 Å². The molecule has 0 bridgehead atoms. The molecule has 0 spiro atoms. The summed E-state index contributed by atoms with van der Waals surface area (Å²) in [4.78, 5) is 0. The summed E-state index contributed by atoms with van der Waals surface area (Å²) in [5.74, 6) is 0.0606. The maximum Gasteiger partial charge on any atom is 0.117 e. The van der Waals surface area contributed by atoms with Crippen molar-refractivity contribution < 1.29 is 5.11 Å². The first-order chi connectivity index (χ1) is 6.81. The number of phenols is 1. The van der Waals surface area contributed by atoms with Gasteiger partial charge in [0.05, 0.1) is 23.6 Å². The van der Waals surface area contributed by atoms with Gasteiger partial charge in [-0.05, 0) is 18.2 Å². The number of phenolic OH excluding ortho intramolecular Hbond substituents is 1. The Balaban J connectivity index is 2.60. The lowest BCUT2D eigenvalue weighted by atomic mass is 10.2. The topological polar surface area (TPSA) is 74.7 Å². The van der Waals surface area contributed by atoms with E-state index >= 15 is 0 Å². The number of hydrogen-bond acceptors (Lipinski definition) is 4. The lowest BCUT2D eigenvalue weighted by Gasteiger charge is -2.02. The van der Waals surface area contributed by atoms with Crippen LogP contribution < -0.4 is 0 Å². The first-order valence-electron chi connectivity index (χ1n) is 3.91. The molecule has 5 nitrogen and oxygen atoms in total. The van der Waals surface area contributed by atoms with Crippen molar-refractivity contribution in [3.8, 4) is 17.5 Å². The Labute approximate surface area is 79.8 Å². The van der Waals surface area contributed by atoms with Gasteiger partial charge in [-0.1, -0.05) is 5.21 Å². The smallest absolute Gasteiger partial charge is 0.117 e. The molecule has 0 radical (unpaired) electrons. The van der Waals surface area contributed by atoms with E-state index in [0.29, 0.717) is 11.3 Å². The fraction of sp³-hybridized carbons (Fsp3) is 0. The zero-order valence-corrected chi connectivity index (χ0v) is 7.12. The van der Waals surface area contributed by atoms with Crippen LogP contribution >= 0.6 is 0 Å². The Morgan fingerprint density at radius 3 is 2.93 bits per heavy atom. The van der Waals surface area contributed by atoms with Gasteiger partial charge in [0, 0.05) is 0 Å². The maximum atomic E-state index is 9.17. The second kappa shape index (κ2) is 3.18. The molecule has 0 aliphatic carbocycles. The Bertz CT molecular complexity index is 484. The Morgan fingerprint density at radius 2 is 2.29 bits per heavy atom. The summed E-state index contributed by atoms with van der Waals surface area (Å²) in [7, 11) is 0. The molecule has 1 aromatic heterocycles. The summed E-state index contributed by atoms with van der Waals surface area (Å²) >= 11 is 0. The van der Waals surface area contributed by atoms with Gasteiger partial charge < -0.3 is 5.11 Å². The molecule has 68 valence electrons. The SMILES string of the molecule is N#Cc1cc(O)ccc1-n1ccnn1. The molecule has 0 unspecified atom stereocenters. The number of rotatable bonds is 1. The molecular weight excluding hydrogens is 180 g/mol. The molecule has 0 amide bonds. The number of hydrogen-bond donors (Lipinski definition) is 1. The summed E-state index contributed by atoms with van der Waals surface area (Å²) in [6.07, 6.45) is 3.15. The highest BCUT2D eigenvalue weighted by molar-refractivity contribution is 5.51. The first kappa shape index (κ1) is 8.26. The molecule has 0 atom stereocenters. The van der Waals surface area contributed by atoms with Gasteiger partial charge in [-0.25, -0.2) is 4.68 Å². The summed E-state index contributed by atoms with van der Waals surface area (Å²) in [5, 5.41) is 25.4. The molecule has 0 aliphatic rings. The minimum Gasteiger partial charge on any atom is -0.508 e. The molecule has 2 aromatic rings. The van der Waals surface area contributed by atoms with Crippen LogP contribution in [0.25, 0.3) is 5.69 Å². The number of benzene rings is 1.